The SMILES string of the molecule is CCOC(=O)N1CC[NH+](Cc2cc(=O)oc3ccc(CC)cc23)CC1. The standard InChI is InChI=1S/C19H24N2O4/c1-3-14-5-6-17-16(11-14)15(12-18(22)25-17)13-20-7-9-21(10-8-20)19(23)24-4-2/h5-6,11-12H,3-4,7-10,13H2,1-2H3/p+1. The molecule has 3 rings (SSSR count). The van der Waals surface area contributed by atoms with E-state index in [0.717, 1.165) is 37.0 Å². The summed E-state index contributed by atoms with van der Waals surface area (Å²) >= 11 is 0. The fourth-order valence-electron chi connectivity index (χ4n) is 3.31. The molecule has 6 heteroatoms. The van der Waals surface area contributed by atoms with Crippen LogP contribution >= 0.6 is 0 Å². The van der Waals surface area contributed by atoms with Gasteiger partial charge in [0.05, 0.1) is 32.8 Å². The molecule has 1 aliphatic heterocycles. The Hall–Kier alpha value is -2.34. The van der Waals surface area contributed by atoms with Gasteiger partial charge in [0, 0.05) is 17.0 Å². The summed E-state index contributed by atoms with van der Waals surface area (Å²) in [6.07, 6.45) is 0.708. The molecular formula is C19H25N2O4+. The molecule has 0 unspecified atom stereocenters. The van der Waals surface area contributed by atoms with Gasteiger partial charge in [-0.1, -0.05) is 13.0 Å². The summed E-state index contributed by atoms with van der Waals surface area (Å²) in [7, 11) is 0. The second kappa shape index (κ2) is 7.70. The van der Waals surface area contributed by atoms with Crippen LogP contribution in [0.15, 0.2) is 33.5 Å². The minimum Gasteiger partial charge on any atom is -0.450 e. The molecule has 1 fully saturated rings. The first-order valence-corrected chi connectivity index (χ1v) is 8.91. The van der Waals surface area contributed by atoms with Crippen LogP contribution in [0.25, 0.3) is 11.0 Å². The number of nitrogens with one attached hydrogen (secondary N) is 1. The number of hydrogen-bond donors (Lipinski definition) is 1. The molecule has 0 bridgehead atoms. The first-order chi connectivity index (χ1) is 12.1. The molecule has 0 saturated carbocycles. The Kier molecular flexibility index (Phi) is 5.38. The average molecular weight is 345 g/mol. The number of rotatable bonds is 4. The fourth-order valence-corrected chi connectivity index (χ4v) is 3.31. The first-order valence-electron chi connectivity index (χ1n) is 8.91. The number of aryl methyl sites for hydroxylation is 1. The molecule has 134 valence electrons. The molecule has 0 spiro atoms. The van der Waals surface area contributed by atoms with Crippen LogP contribution in [-0.2, 0) is 17.7 Å². The van der Waals surface area contributed by atoms with E-state index in [-0.39, 0.29) is 11.7 Å². The highest BCUT2D eigenvalue weighted by atomic mass is 16.6. The first kappa shape index (κ1) is 17.5. The molecule has 1 aromatic heterocycles. The predicted molar refractivity (Wildman–Crippen MR) is 94.9 cm³/mol. The molecule has 25 heavy (non-hydrogen) atoms. The zero-order valence-corrected chi connectivity index (χ0v) is 14.8. The van der Waals surface area contributed by atoms with Crippen LogP contribution in [0.1, 0.15) is 25.0 Å². The maximum Gasteiger partial charge on any atom is 0.410 e. The van der Waals surface area contributed by atoms with Gasteiger partial charge >= 0.3 is 11.7 Å². The number of ether oxygens (including phenoxy) is 1. The lowest BCUT2D eigenvalue weighted by Gasteiger charge is -2.31. The second-order valence-electron chi connectivity index (χ2n) is 6.39. The van der Waals surface area contributed by atoms with Gasteiger partial charge < -0.3 is 14.1 Å². The lowest BCUT2D eigenvalue weighted by Crippen LogP contribution is -3.13. The van der Waals surface area contributed by atoms with Gasteiger partial charge in [0.25, 0.3) is 0 Å². The summed E-state index contributed by atoms with van der Waals surface area (Å²) in [5.74, 6) is 0. The van der Waals surface area contributed by atoms with Crippen LogP contribution in [0.5, 0.6) is 0 Å². The second-order valence-corrected chi connectivity index (χ2v) is 6.39. The van der Waals surface area contributed by atoms with E-state index in [4.69, 9.17) is 9.15 Å². The highest BCUT2D eigenvalue weighted by Crippen LogP contribution is 2.19. The molecule has 0 radical (unpaired) electrons. The number of benzene rings is 1. The van der Waals surface area contributed by atoms with E-state index >= 15 is 0 Å². The van der Waals surface area contributed by atoms with Gasteiger partial charge in [-0.3, -0.25) is 4.90 Å². The molecular weight excluding hydrogens is 320 g/mol. The van der Waals surface area contributed by atoms with Crippen LogP contribution in [-0.4, -0.2) is 43.8 Å². The van der Waals surface area contributed by atoms with Crippen molar-refractivity contribution in [1.29, 1.82) is 0 Å². The highest BCUT2D eigenvalue weighted by molar-refractivity contribution is 5.80. The van der Waals surface area contributed by atoms with Crippen LogP contribution in [0.4, 0.5) is 4.79 Å². The molecule has 2 aromatic rings. The Bertz CT molecular complexity index is 807. The number of amides is 1. The summed E-state index contributed by atoms with van der Waals surface area (Å²) in [4.78, 5) is 26.8. The summed E-state index contributed by atoms with van der Waals surface area (Å²) in [6, 6.07) is 7.60. The van der Waals surface area contributed by atoms with Gasteiger partial charge in [0.2, 0.25) is 0 Å². The van der Waals surface area contributed by atoms with Gasteiger partial charge in [0.1, 0.15) is 12.1 Å². The topological polar surface area (TPSA) is 64.2 Å². The van der Waals surface area contributed by atoms with E-state index < -0.39 is 0 Å². The van der Waals surface area contributed by atoms with E-state index in [1.165, 1.54) is 10.5 Å². The van der Waals surface area contributed by atoms with Crippen molar-refractivity contribution in [1.82, 2.24) is 4.90 Å². The minimum atomic E-state index is -0.309. The quantitative estimate of drug-likeness (QED) is 0.846. The zero-order valence-electron chi connectivity index (χ0n) is 14.8. The average Bonchev–Trinajstić information content (AvgIpc) is 2.62. The van der Waals surface area contributed by atoms with Gasteiger partial charge in [-0.15, -0.1) is 0 Å². The zero-order chi connectivity index (χ0) is 17.8. The van der Waals surface area contributed by atoms with E-state index in [1.54, 1.807) is 11.0 Å². The Balaban J connectivity index is 1.75. The van der Waals surface area contributed by atoms with Crippen LogP contribution in [0.3, 0.4) is 0 Å². The summed E-state index contributed by atoms with van der Waals surface area (Å²) in [6.45, 7) is 8.11. The number of piperazine rings is 1. The summed E-state index contributed by atoms with van der Waals surface area (Å²) < 4.78 is 10.4. The number of fused-ring (bicyclic) bond motifs is 1. The van der Waals surface area contributed by atoms with Crippen molar-refractivity contribution in [3.05, 3.63) is 45.8 Å². The van der Waals surface area contributed by atoms with Gasteiger partial charge in [-0.25, -0.2) is 9.59 Å². The monoisotopic (exact) mass is 345 g/mol. The van der Waals surface area contributed by atoms with Gasteiger partial charge in [-0.05, 0) is 31.0 Å². The number of carbonyl (C=O) groups is 1. The van der Waals surface area contributed by atoms with E-state index in [9.17, 15) is 9.59 Å². The number of quaternary nitrogens is 1. The third kappa shape index (κ3) is 4.02. The normalized spacial score (nSPS) is 15.5. The lowest BCUT2D eigenvalue weighted by molar-refractivity contribution is -0.917. The third-order valence-electron chi connectivity index (χ3n) is 4.74. The minimum absolute atomic E-state index is 0.236. The van der Waals surface area contributed by atoms with Crippen LogP contribution in [0, 0.1) is 0 Å². The van der Waals surface area contributed by atoms with Crippen molar-refractivity contribution in [2.75, 3.05) is 32.8 Å². The van der Waals surface area contributed by atoms with Crippen molar-refractivity contribution in [3.63, 3.8) is 0 Å². The number of hydrogen-bond acceptors (Lipinski definition) is 4. The molecule has 1 aliphatic rings. The predicted octanol–water partition coefficient (Wildman–Crippen LogP) is 1.21. The molecule has 0 atom stereocenters. The number of carbonyl (C=O) groups excluding carboxylic acids is 1. The molecule has 1 amide bonds. The molecule has 1 N–H and O–H groups in total. The lowest BCUT2D eigenvalue weighted by atomic mass is 10.0. The van der Waals surface area contributed by atoms with Crippen molar-refractivity contribution in [3.8, 4) is 0 Å². The van der Waals surface area contributed by atoms with Crippen LogP contribution in [0.2, 0.25) is 0 Å². The molecule has 1 aromatic carbocycles. The van der Waals surface area contributed by atoms with Gasteiger partial charge in [0.15, 0.2) is 0 Å². The van der Waals surface area contributed by atoms with Crippen LogP contribution < -0.4 is 10.5 Å². The van der Waals surface area contributed by atoms with E-state index in [0.29, 0.717) is 25.3 Å². The summed E-state index contributed by atoms with van der Waals surface area (Å²) in [5.41, 5.74) is 2.58. The van der Waals surface area contributed by atoms with E-state index in [2.05, 4.69) is 13.0 Å². The maximum atomic E-state index is 11.9. The number of nitrogens with zero attached hydrogens (tertiary/aromatic N) is 1. The molecule has 1 saturated heterocycles. The largest absolute Gasteiger partial charge is 0.450 e. The van der Waals surface area contributed by atoms with E-state index in [1.807, 2.05) is 19.1 Å². The summed E-state index contributed by atoms with van der Waals surface area (Å²) in [5, 5.41) is 1.01. The van der Waals surface area contributed by atoms with Crippen molar-refractivity contribution in [2.45, 2.75) is 26.8 Å². The Morgan fingerprint density at radius 3 is 2.68 bits per heavy atom. The van der Waals surface area contributed by atoms with Crippen molar-refractivity contribution >= 4 is 17.1 Å². The Morgan fingerprint density at radius 2 is 2.00 bits per heavy atom. The van der Waals surface area contributed by atoms with Crippen molar-refractivity contribution < 1.29 is 18.8 Å². The highest BCUT2D eigenvalue weighted by Gasteiger charge is 2.25. The molecule has 6 nitrogen and oxygen atoms in total. The molecule has 2 heterocycles. The Labute approximate surface area is 147 Å². The fraction of sp³-hybridized carbons (Fsp3) is 0.474. The maximum absolute atomic E-state index is 11.9. The van der Waals surface area contributed by atoms with Crippen molar-refractivity contribution in [2.24, 2.45) is 0 Å². The smallest absolute Gasteiger partial charge is 0.410 e. The Morgan fingerprint density at radius 1 is 1.24 bits per heavy atom. The third-order valence-corrected chi connectivity index (χ3v) is 4.74. The molecule has 0 aliphatic carbocycles. The van der Waals surface area contributed by atoms with Gasteiger partial charge in [-0.2, -0.15) is 0 Å².